The number of halogens is 1. The molecule has 0 saturated heterocycles. The minimum Gasteiger partial charge on any atom is -0.372 e. The van der Waals surface area contributed by atoms with E-state index in [1.54, 1.807) is 4.90 Å². The topological polar surface area (TPSA) is 29.5 Å². The molecule has 0 rings (SSSR count). The first-order chi connectivity index (χ1) is 7.26. The maximum Gasteiger partial charge on any atom is 0.248 e. The first-order valence-electron chi connectivity index (χ1n) is 5.67. The van der Waals surface area contributed by atoms with Gasteiger partial charge in [0.2, 0.25) is 5.91 Å². The van der Waals surface area contributed by atoms with Crippen LogP contribution in [0.25, 0.3) is 0 Å². The van der Waals surface area contributed by atoms with Crippen molar-refractivity contribution in [3.63, 3.8) is 0 Å². The Hall–Kier alpha value is -0.280. The van der Waals surface area contributed by atoms with E-state index in [0.717, 1.165) is 25.8 Å². The molecule has 3 nitrogen and oxygen atoms in total. The number of carbonyl (C=O) groups is 1. The van der Waals surface area contributed by atoms with Gasteiger partial charge in [0, 0.05) is 25.6 Å². The number of rotatable bonds is 9. The Kier molecular flexibility index (Phi) is 10.1. The number of amides is 1. The van der Waals surface area contributed by atoms with Gasteiger partial charge in [-0.2, -0.15) is 0 Å². The van der Waals surface area contributed by atoms with Crippen molar-refractivity contribution in [2.45, 2.75) is 33.1 Å². The van der Waals surface area contributed by atoms with Gasteiger partial charge in [0.25, 0.3) is 0 Å². The molecule has 0 N–H and O–H groups in total. The Labute approximate surface area is 97.7 Å². The van der Waals surface area contributed by atoms with Gasteiger partial charge in [-0.05, 0) is 12.8 Å². The van der Waals surface area contributed by atoms with Crippen LogP contribution in [0.3, 0.4) is 0 Å². The van der Waals surface area contributed by atoms with E-state index in [0.29, 0.717) is 19.0 Å². The first-order valence-corrected chi connectivity index (χ1v) is 6.21. The molecule has 0 aliphatic carbocycles. The smallest absolute Gasteiger partial charge is 0.248 e. The van der Waals surface area contributed by atoms with Crippen molar-refractivity contribution in [1.29, 1.82) is 0 Å². The minimum absolute atomic E-state index is 0.0533. The summed E-state index contributed by atoms with van der Waals surface area (Å²) in [6.07, 6.45) is 3.05. The Morgan fingerprint density at radius 1 is 1.27 bits per heavy atom. The molecular formula is C11H22ClNO2. The average molecular weight is 236 g/mol. The lowest BCUT2D eigenvalue weighted by Crippen LogP contribution is -2.36. The summed E-state index contributed by atoms with van der Waals surface area (Å²) in [5.74, 6) is 0.543. The fraction of sp³-hybridized carbons (Fsp3) is 0.909. The highest BCUT2D eigenvalue weighted by Crippen LogP contribution is 1.98. The first kappa shape index (κ1) is 14.7. The van der Waals surface area contributed by atoms with Crippen molar-refractivity contribution in [2.75, 3.05) is 32.2 Å². The molecule has 0 radical (unpaired) electrons. The molecule has 4 heteroatoms. The molecule has 0 saturated carbocycles. The van der Waals surface area contributed by atoms with E-state index >= 15 is 0 Å². The molecule has 0 aliphatic rings. The summed E-state index contributed by atoms with van der Waals surface area (Å²) in [5, 5.41) is 0. The van der Waals surface area contributed by atoms with E-state index < -0.39 is 0 Å². The van der Waals surface area contributed by atoms with Gasteiger partial charge < -0.3 is 9.64 Å². The zero-order chi connectivity index (χ0) is 11.5. The van der Waals surface area contributed by atoms with E-state index in [4.69, 9.17) is 16.3 Å². The van der Waals surface area contributed by atoms with Crippen LogP contribution < -0.4 is 0 Å². The summed E-state index contributed by atoms with van der Waals surface area (Å²) >= 11 is 5.65. The summed E-state index contributed by atoms with van der Waals surface area (Å²) in [7, 11) is 0. The van der Waals surface area contributed by atoms with Crippen LogP contribution in [0, 0.1) is 0 Å². The van der Waals surface area contributed by atoms with Gasteiger partial charge in [0.1, 0.15) is 6.61 Å². The normalized spacial score (nSPS) is 10.3. The van der Waals surface area contributed by atoms with Crippen LogP contribution in [-0.2, 0) is 9.53 Å². The van der Waals surface area contributed by atoms with Crippen molar-refractivity contribution in [1.82, 2.24) is 4.90 Å². The Bertz CT molecular complexity index is 165. The molecule has 0 spiro atoms. The highest BCUT2D eigenvalue weighted by atomic mass is 35.5. The maximum atomic E-state index is 11.7. The number of hydrogen-bond acceptors (Lipinski definition) is 2. The molecule has 0 aromatic carbocycles. The molecule has 15 heavy (non-hydrogen) atoms. The van der Waals surface area contributed by atoms with Gasteiger partial charge in [-0.3, -0.25) is 4.79 Å². The van der Waals surface area contributed by atoms with Crippen LogP contribution in [0.2, 0.25) is 0 Å². The molecule has 0 fully saturated rings. The molecule has 90 valence electrons. The van der Waals surface area contributed by atoms with Crippen molar-refractivity contribution in [2.24, 2.45) is 0 Å². The fourth-order valence-electron chi connectivity index (χ4n) is 1.21. The molecule has 0 unspecified atom stereocenters. The second-order valence-corrected chi connectivity index (χ2v) is 3.85. The summed E-state index contributed by atoms with van der Waals surface area (Å²) in [4.78, 5) is 13.4. The van der Waals surface area contributed by atoms with Gasteiger partial charge >= 0.3 is 0 Å². The van der Waals surface area contributed by atoms with Crippen molar-refractivity contribution < 1.29 is 9.53 Å². The molecule has 0 aliphatic heterocycles. The third-order valence-corrected chi connectivity index (χ3v) is 2.23. The Balaban J connectivity index is 3.81. The lowest BCUT2D eigenvalue weighted by atomic mass is 10.3. The van der Waals surface area contributed by atoms with Crippen LogP contribution in [0.1, 0.15) is 33.1 Å². The third-order valence-electron chi connectivity index (χ3n) is 2.06. The molecule has 0 aromatic heterocycles. The number of unbranched alkanes of at least 4 members (excludes halogenated alkanes) is 1. The van der Waals surface area contributed by atoms with E-state index in [-0.39, 0.29) is 12.5 Å². The van der Waals surface area contributed by atoms with Gasteiger partial charge in [-0.15, -0.1) is 11.6 Å². The molecule has 0 atom stereocenters. The second kappa shape index (κ2) is 10.2. The highest BCUT2D eigenvalue weighted by molar-refractivity contribution is 6.18. The van der Waals surface area contributed by atoms with Crippen LogP contribution in [0.5, 0.6) is 0 Å². The van der Waals surface area contributed by atoms with E-state index in [1.165, 1.54) is 0 Å². The largest absolute Gasteiger partial charge is 0.372 e. The zero-order valence-electron chi connectivity index (χ0n) is 9.80. The van der Waals surface area contributed by atoms with E-state index in [1.807, 2.05) is 6.92 Å². The van der Waals surface area contributed by atoms with E-state index in [9.17, 15) is 4.79 Å². The van der Waals surface area contributed by atoms with Crippen LogP contribution >= 0.6 is 11.6 Å². The Morgan fingerprint density at radius 3 is 2.53 bits per heavy atom. The lowest BCUT2D eigenvalue weighted by Gasteiger charge is -2.21. The van der Waals surface area contributed by atoms with Crippen molar-refractivity contribution in [3.8, 4) is 0 Å². The predicted molar refractivity (Wildman–Crippen MR) is 63.3 cm³/mol. The average Bonchev–Trinajstić information content (AvgIpc) is 2.24. The highest BCUT2D eigenvalue weighted by Gasteiger charge is 2.11. The Morgan fingerprint density at radius 2 is 2.00 bits per heavy atom. The van der Waals surface area contributed by atoms with Gasteiger partial charge in [-0.25, -0.2) is 0 Å². The zero-order valence-corrected chi connectivity index (χ0v) is 10.6. The maximum absolute atomic E-state index is 11.7. The second-order valence-electron chi connectivity index (χ2n) is 3.48. The van der Waals surface area contributed by atoms with Gasteiger partial charge in [0.05, 0.1) is 0 Å². The van der Waals surface area contributed by atoms with Crippen molar-refractivity contribution >= 4 is 17.5 Å². The minimum atomic E-state index is 0.0533. The van der Waals surface area contributed by atoms with E-state index in [2.05, 4.69) is 6.92 Å². The molecule has 0 aromatic rings. The number of carbonyl (C=O) groups excluding carboxylic acids is 1. The predicted octanol–water partition coefficient (Wildman–Crippen LogP) is 2.28. The van der Waals surface area contributed by atoms with Crippen molar-refractivity contribution in [3.05, 3.63) is 0 Å². The fourth-order valence-corrected chi connectivity index (χ4v) is 1.41. The SMILES string of the molecule is CCCCN(CCCl)C(=O)COCCC. The van der Waals surface area contributed by atoms with Crippen LogP contribution in [-0.4, -0.2) is 43.0 Å². The molecule has 0 bridgehead atoms. The molecule has 0 heterocycles. The summed E-state index contributed by atoms with van der Waals surface area (Å²) in [6.45, 7) is 6.38. The number of ether oxygens (including phenoxy) is 1. The van der Waals surface area contributed by atoms with Gasteiger partial charge in [-0.1, -0.05) is 20.3 Å². The molecule has 1 amide bonds. The number of alkyl halides is 1. The third kappa shape index (κ3) is 7.63. The molecular weight excluding hydrogens is 214 g/mol. The summed E-state index contributed by atoms with van der Waals surface area (Å²) < 4.78 is 5.22. The standard InChI is InChI=1S/C11H22ClNO2/c1-3-5-7-13(8-6-12)11(14)10-15-9-4-2/h3-10H2,1-2H3. The summed E-state index contributed by atoms with van der Waals surface area (Å²) in [6, 6.07) is 0. The van der Waals surface area contributed by atoms with Crippen LogP contribution in [0.4, 0.5) is 0 Å². The lowest BCUT2D eigenvalue weighted by molar-refractivity contribution is -0.136. The quantitative estimate of drug-likeness (QED) is 0.453. The van der Waals surface area contributed by atoms with Crippen LogP contribution in [0.15, 0.2) is 0 Å². The summed E-state index contributed by atoms with van der Waals surface area (Å²) in [5.41, 5.74) is 0. The number of hydrogen-bond donors (Lipinski definition) is 0. The number of nitrogens with zero attached hydrogens (tertiary/aromatic N) is 1. The monoisotopic (exact) mass is 235 g/mol. The van der Waals surface area contributed by atoms with Gasteiger partial charge in [0.15, 0.2) is 0 Å².